The van der Waals surface area contributed by atoms with Gasteiger partial charge in [0.2, 0.25) is 0 Å². The van der Waals surface area contributed by atoms with Crippen LogP contribution in [0, 0.1) is 6.92 Å². The maximum absolute atomic E-state index is 12.0. The third-order valence-corrected chi connectivity index (χ3v) is 3.09. The molecule has 0 fully saturated rings. The van der Waals surface area contributed by atoms with Crippen LogP contribution in [0.15, 0.2) is 12.1 Å². The van der Waals surface area contributed by atoms with Crippen LogP contribution in [0.2, 0.25) is 0 Å². The fourth-order valence-corrected chi connectivity index (χ4v) is 2.24. The molecule has 0 saturated heterocycles. The highest BCUT2D eigenvalue weighted by molar-refractivity contribution is 6.00. The number of benzene rings is 1. The minimum atomic E-state index is 0.239. The van der Waals surface area contributed by atoms with E-state index in [2.05, 4.69) is 6.92 Å². The lowest BCUT2D eigenvalue weighted by Gasteiger charge is -2.12. The molecule has 0 aromatic heterocycles. The van der Waals surface area contributed by atoms with E-state index >= 15 is 0 Å². The van der Waals surface area contributed by atoms with Crippen molar-refractivity contribution < 1.29 is 9.53 Å². The molecule has 0 aliphatic heterocycles. The van der Waals surface area contributed by atoms with Crippen molar-refractivity contribution >= 4 is 5.78 Å². The van der Waals surface area contributed by atoms with E-state index in [0.717, 1.165) is 30.6 Å². The van der Waals surface area contributed by atoms with Crippen LogP contribution in [0.3, 0.4) is 0 Å². The van der Waals surface area contributed by atoms with Gasteiger partial charge in [-0.15, -0.1) is 0 Å². The molecule has 0 atom stereocenters. The molecule has 1 aromatic carbocycles. The molecule has 0 amide bonds. The van der Waals surface area contributed by atoms with E-state index in [9.17, 15) is 4.79 Å². The number of methoxy groups -OCH3 is 1. The normalized spacial score (nSPS) is 15.7. The minimum Gasteiger partial charge on any atom is -0.496 e. The van der Waals surface area contributed by atoms with Crippen LogP contribution in [-0.4, -0.2) is 12.9 Å². The van der Waals surface area contributed by atoms with Gasteiger partial charge >= 0.3 is 0 Å². The van der Waals surface area contributed by atoms with E-state index in [-0.39, 0.29) is 5.78 Å². The molecular weight excluding hydrogens is 188 g/mol. The molecular formula is C13H16O2. The highest BCUT2D eigenvalue weighted by Crippen LogP contribution is 2.30. The van der Waals surface area contributed by atoms with Gasteiger partial charge < -0.3 is 4.74 Å². The molecule has 15 heavy (non-hydrogen) atoms. The van der Waals surface area contributed by atoms with Crippen LogP contribution in [0.4, 0.5) is 0 Å². The van der Waals surface area contributed by atoms with Gasteiger partial charge in [-0.2, -0.15) is 0 Å². The zero-order valence-electron chi connectivity index (χ0n) is 9.30. The minimum absolute atomic E-state index is 0.239. The van der Waals surface area contributed by atoms with Crippen molar-refractivity contribution in [1.82, 2.24) is 0 Å². The van der Waals surface area contributed by atoms with Gasteiger partial charge in [0, 0.05) is 6.42 Å². The Hall–Kier alpha value is -1.31. The van der Waals surface area contributed by atoms with Crippen molar-refractivity contribution in [1.29, 1.82) is 0 Å². The second kappa shape index (κ2) is 4.05. The van der Waals surface area contributed by atoms with Crippen LogP contribution in [-0.2, 0) is 6.42 Å². The Morgan fingerprint density at radius 2 is 1.93 bits per heavy atom. The summed E-state index contributed by atoms with van der Waals surface area (Å²) in [4.78, 5) is 12.0. The predicted molar refractivity (Wildman–Crippen MR) is 59.6 cm³/mol. The summed E-state index contributed by atoms with van der Waals surface area (Å²) >= 11 is 0. The van der Waals surface area contributed by atoms with E-state index < -0.39 is 0 Å². The number of ketones is 1. The summed E-state index contributed by atoms with van der Waals surface area (Å²) in [6.07, 6.45) is 3.76. The van der Waals surface area contributed by atoms with Crippen molar-refractivity contribution in [3.05, 3.63) is 28.8 Å². The molecule has 2 rings (SSSR count). The first kappa shape index (κ1) is 10.2. The largest absolute Gasteiger partial charge is 0.496 e. The average Bonchev–Trinajstić information content (AvgIpc) is 2.43. The first-order valence-corrected chi connectivity index (χ1v) is 5.43. The molecule has 0 N–H and O–H groups in total. The Bertz CT molecular complexity index is 394. The number of fused-ring (bicyclic) bond motifs is 1. The average molecular weight is 204 g/mol. The monoisotopic (exact) mass is 204 g/mol. The van der Waals surface area contributed by atoms with Crippen LogP contribution in [0.5, 0.6) is 5.75 Å². The van der Waals surface area contributed by atoms with E-state index in [1.807, 2.05) is 12.1 Å². The quantitative estimate of drug-likeness (QED) is 0.657. The summed E-state index contributed by atoms with van der Waals surface area (Å²) in [6.45, 7) is 2.07. The highest BCUT2D eigenvalue weighted by atomic mass is 16.5. The molecule has 0 heterocycles. The van der Waals surface area contributed by atoms with Crippen LogP contribution in [0.1, 0.15) is 40.7 Å². The number of rotatable bonds is 1. The van der Waals surface area contributed by atoms with Gasteiger partial charge in [0.05, 0.1) is 12.7 Å². The van der Waals surface area contributed by atoms with Crippen LogP contribution < -0.4 is 4.74 Å². The van der Waals surface area contributed by atoms with E-state index in [4.69, 9.17) is 4.74 Å². The third-order valence-electron chi connectivity index (χ3n) is 3.09. The topological polar surface area (TPSA) is 26.3 Å². The Morgan fingerprint density at radius 1 is 1.20 bits per heavy atom. The Balaban J connectivity index is 2.61. The summed E-state index contributed by atoms with van der Waals surface area (Å²) in [5.74, 6) is 0.977. The molecule has 0 spiro atoms. The van der Waals surface area contributed by atoms with Gasteiger partial charge in [-0.1, -0.05) is 6.07 Å². The molecule has 0 unspecified atom stereocenters. The van der Waals surface area contributed by atoms with E-state index in [1.54, 1.807) is 7.11 Å². The summed E-state index contributed by atoms with van der Waals surface area (Å²) in [5, 5.41) is 0. The smallest absolute Gasteiger partial charge is 0.166 e. The SMILES string of the molecule is COc1ccc(C)c2c1C(=O)CCCC2. The van der Waals surface area contributed by atoms with E-state index in [1.165, 1.54) is 11.1 Å². The lowest BCUT2D eigenvalue weighted by molar-refractivity contribution is 0.0979. The Morgan fingerprint density at radius 3 is 2.67 bits per heavy atom. The Kier molecular flexibility index (Phi) is 2.76. The Labute approximate surface area is 90.3 Å². The molecule has 0 radical (unpaired) electrons. The van der Waals surface area contributed by atoms with Gasteiger partial charge in [-0.05, 0) is 43.4 Å². The molecule has 0 bridgehead atoms. The molecule has 2 heteroatoms. The molecule has 0 saturated carbocycles. The lowest BCUT2D eigenvalue weighted by atomic mass is 9.96. The second-order valence-corrected chi connectivity index (χ2v) is 4.07. The van der Waals surface area contributed by atoms with Gasteiger partial charge in [0.1, 0.15) is 5.75 Å². The maximum atomic E-state index is 12.0. The summed E-state index contributed by atoms with van der Waals surface area (Å²) in [6, 6.07) is 3.94. The molecule has 2 nitrogen and oxygen atoms in total. The lowest BCUT2D eigenvalue weighted by Crippen LogP contribution is -2.05. The van der Waals surface area contributed by atoms with Crippen LogP contribution in [0.25, 0.3) is 0 Å². The molecule has 1 aliphatic carbocycles. The highest BCUT2D eigenvalue weighted by Gasteiger charge is 2.21. The molecule has 80 valence electrons. The fraction of sp³-hybridized carbons (Fsp3) is 0.462. The summed E-state index contributed by atoms with van der Waals surface area (Å²) in [5.41, 5.74) is 3.23. The fourth-order valence-electron chi connectivity index (χ4n) is 2.24. The van der Waals surface area contributed by atoms with Crippen molar-refractivity contribution in [2.24, 2.45) is 0 Å². The van der Waals surface area contributed by atoms with Gasteiger partial charge in [0.15, 0.2) is 5.78 Å². The number of hydrogen-bond acceptors (Lipinski definition) is 2. The maximum Gasteiger partial charge on any atom is 0.166 e. The zero-order valence-corrected chi connectivity index (χ0v) is 9.30. The first-order valence-electron chi connectivity index (χ1n) is 5.43. The van der Waals surface area contributed by atoms with Gasteiger partial charge in [-0.3, -0.25) is 4.79 Å². The van der Waals surface area contributed by atoms with Gasteiger partial charge in [0.25, 0.3) is 0 Å². The van der Waals surface area contributed by atoms with Crippen molar-refractivity contribution in [2.75, 3.05) is 7.11 Å². The summed E-state index contributed by atoms with van der Waals surface area (Å²) in [7, 11) is 1.63. The van der Waals surface area contributed by atoms with Crippen LogP contribution >= 0.6 is 0 Å². The number of aryl methyl sites for hydroxylation is 1. The number of carbonyl (C=O) groups is 1. The van der Waals surface area contributed by atoms with Crippen molar-refractivity contribution in [3.8, 4) is 5.75 Å². The van der Waals surface area contributed by atoms with E-state index in [0.29, 0.717) is 6.42 Å². The number of Topliss-reactive ketones (excluding diaryl/α,β-unsaturated/α-hetero) is 1. The zero-order chi connectivity index (χ0) is 10.8. The summed E-state index contributed by atoms with van der Waals surface area (Å²) < 4.78 is 5.27. The third kappa shape index (κ3) is 1.76. The molecule has 1 aromatic rings. The van der Waals surface area contributed by atoms with Gasteiger partial charge in [-0.25, -0.2) is 0 Å². The number of ether oxygens (including phenoxy) is 1. The first-order chi connectivity index (χ1) is 7.24. The second-order valence-electron chi connectivity index (χ2n) is 4.07. The standard InChI is InChI=1S/C13H16O2/c1-9-7-8-12(15-2)13-10(9)5-3-4-6-11(13)14/h7-8H,3-6H2,1-2H3. The number of hydrogen-bond donors (Lipinski definition) is 0. The predicted octanol–water partition coefficient (Wildman–Crippen LogP) is 2.91. The van der Waals surface area contributed by atoms with Crippen molar-refractivity contribution in [3.63, 3.8) is 0 Å². The number of carbonyl (C=O) groups excluding carboxylic acids is 1. The van der Waals surface area contributed by atoms with Crippen molar-refractivity contribution in [2.45, 2.75) is 32.6 Å². The molecule has 1 aliphatic rings.